The first-order valence-corrected chi connectivity index (χ1v) is 4.63. The minimum Gasteiger partial charge on any atom is -0.465 e. The van der Waals surface area contributed by atoms with Gasteiger partial charge in [0.1, 0.15) is 5.71 Å². The molecule has 4 heteroatoms. The second-order valence-electron chi connectivity index (χ2n) is 3.32. The van der Waals surface area contributed by atoms with Gasteiger partial charge in [0.2, 0.25) is 0 Å². The molecular formula is C11H11NO3. The molecule has 78 valence electrons. The van der Waals surface area contributed by atoms with Gasteiger partial charge in [-0.2, -0.15) is 0 Å². The maximum Gasteiger partial charge on any atom is 0.352 e. The van der Waals surface area contributed by atoms with Crippen molar-refractivity contribution in [1.29, 1.82) is 0 Å². The molecule has 0 spiro atoms. The fourth-order valence-electron chi connectivity index (χ4n) is 1.63. The number of rotatable bonds is 1. The largest absolute Gasteiger partial charge is 0.465 e. The molecular weight excluding hydrogens is 194 g/mol. The normalized spacial score (nSPS) is 19.1. The zero-order chi connectivity index (χ0) is 10.8. The van der Waals surface area contributed by atoms with Crippen molar-refractivity contribution in [2.45, 2.75) is 12.6 Å². The van der Waals surface area contributed by atoms with Gasteiger partial charge >= 0.3 is 5.97 Å². The highest BCUT2D eigenvalue weighted by Gasteiger charge is 2.23. The number of aliphatic hydroxyl groups excluding tert-OH is 1. The molecule has 1 unspecified atom stereocenters. The zero-order valence-corrected chi connectivity index (χ0v) is 8.30. The molecule has 1 aromatic rings. The van der Waals surface area contributed by atoms with Gasteiger partial charge in [0, 0.05) is 12.0 Å². The van der Waals surface area contributed by atoms with E-state index in [4.69, 9.17) is 0 Å². The molecule has 1 atom stereocenters. The van der Waals surface area contributed by atoms with Crippen molar-refractivity contribution in [2.75, 3.05) is 7.11 Å². The summed E-state index contributed by atoms with van der Waals surface area (Å²) in [4.78, 5) is 15.2. The number of nitrogens with zero attached hydrogens (tertiary/aromatic N) is 1. The Morgan fingerprint density at radius 2 is 2.27 bits per heavy atom. The van der Waals surface area contributed by atoms with Gasteiger partial charge in [-0.05, 0) is 5.56 Å². The number of esters is 1. The van der Waals surface area contributed by atoms with Gasteiger partial charge in [0.25, 0.3) is 0 Å². The molecule has 0 aromatic heterocycles. The fraction of sp³-hybridized carbons (Fsp3) is 0.273. The van der Waals surface area contributed by atoms with E-state index < -0.39 is 12.2 Å². The van der Waals surface area contributed by atoms with Crippen LogP contribution in [-0.4, -0.2) is 23.9 Å². The third kappa shape index (κ3) is 1.76. The van der Waals surface area contributed by atoms with Gasteiger partial charge in [-0.15, -0.1) is 0 Å². The number of hydrogen-bond donors (Lipinski definition) is 1. The topological polar surface area (TPSA) is 58.9 Å². The van der Waals surface area contributed by atoms with E-state index >= 15 is 0 Å². The molecule has 0 fully saturated rings. The second-order valence-corrected chi connectivity index (χ2v) is 3.32. The van der Waals surface area contributed by atoms with Gasteiger partial charge < -0.3 is 9.84 Å². The van der Waals surface area contributed by atoms with E-state index in [2.05, 4.69) is 9.73 Å². The van der Waals surface area contributed by atoms with Crippen LogP contribution in [0.5, 0.6) is 0 Å². The van der Waals surface area contributed by atoms with Crippen LogP contribution in [0.15, 0.2) is 29.3 Å². The number of benzene rings is 1. The lowest BCUT2D eigenvalue weighted by Crippen LogP contribution is -2.24. The quantitative estimate of drug-likeness (QED) is 0.691. The Bertz CT molecular complexity index is 426. The Labute approximate surface area is 87.2 Å². The second kappa shape index (κ2) is 3.82. The molecule has 0 saturated heterocycles. The zero-order valence-electron chi connectivity index (χ0n) is 8.30. The van der Waals surface area contributed by atoms with Crippen molar-refractivity contribution in [3.8, 4) is 0 Å². The van der Waals surface area contributed by atoms with Crippen LogP contribution in [0.3, 0.4) is 0 Å². The fourth-order valence-corrected chi connectivity index (χ4v) is 1.63. The summed E-state index contributed by atoms with van der Waals surface area (Å²) in [5.41, 5.74) is 1.94. The van der Waals surface area contributed by atoms with Gasteiger partial charge in [-0.3, -0.25) is 0 Å². The minimum absolute atomic E-state index is 0.267. The summed E-state index contributed by atoms with van der Waals surface area (Å²) in [6.07, 6.45) is -0.538. The summed E-state index contributed by atoms with van der Waals surface area (Å²) in [5.74, 6) is -0.483. The first kappa shape index (κ1) is 9.86. The van der Waals surface area contributed by atoms with Gasteiger partial charge in [0.15, 0.2) is 6.23 Å². The van der Waals surface area contributed by atoms with Gasteiger partial charge in [0.05, 0.1) is 7.11 Å². The van der Waals surface area contributed by atoms with E-state index in [0.29, 0.717) is 6.42 Å². The Balaban J connectivity index is 2.35. The Morgan fingerprint density at radius 1 is 1.53 bits per heavy atom. The first-order valence-electron chi connectivity index (χ1n) is 4.63. The molecule has 1 aromatic carbocycles. The van der Waals surface area contributed by atoms with Crippen LogP contribution in [0.4, 0.5) is 0 Å². The van der Waals surface area contributed by atoms with E-state index in [0.717, 1.165) is 11.1 Å². The maximum absolute atomic E-state index is 11.3. The highest BCUT2D eigenvalue weighted by Crippen LogP contribution is 2.24. The van der Waals surface area contributed by atoms with E-state index in [1.165, 1.54) is 7.11 Å². The third-order valence-electron chi connectivity index (χ3n) is 2.39. The first-order chi connectivity index (χ1) is 7.22. The van der Waals surface area contributed by atoms with Crippen LogP contribution >= 0.6 is 0 Å². The lowest BCUT2D eigenvalue weighted by Gasteiger charge is -2.18. The molecule has 4 nitrogen and oxygen atoms in total. The smallest absolute Gasteiger partial charge is 0.352 e. The lowest BCUT2D eigenvalue weighted by molar-refractivity contribution is -0.132. The average molecular weight is 205 g/mol. The van der Waals surface area contributed by atoms with Crippen molar-refractivity contribution in [3.63, 3.8) is 0 Å². The molecule has 0 bridgehead atoms. The summed E-state index contributed by atoms with van der Waals surface area (Å²) in [5, 5.41) is 9.68. The van der Waals surface area contributed by atoms with Crippen LogP contribution in [-0.2, 0) is 16.0 Å². The molecule has 15 heavy (non-hydrogen) atoms. The van der Waals surface area contributed by atoms with E-state index in [1.54, 1.807) is 6.07 Å². The number of hydrogen-bond acceptors (Lipinski definition) is 4. The summed E-state index contributed by atoms with van der Waals surface area (Å²) < 4.78 is 4.57. The standard InChI is InChI=1S/C11H11NO3/c1-15-11(14)9-6-7-4-2-3-5-8(7)10(13)12-9/h2-5,10,13H,6H2,1H3. The van der Waals surface area contributed by atoms with Gasteiger partial charge in [-0.25, -0.2) is 9.79 Å². The summed E-state index contributed by atoms with van der Waals surface area (Å²) in [6.45, 7) is 0. The SMILES string of the molecule is COC(=O)C1=NC(O)c2ccccc2C1. The minimum atomic E-state index is -0.955. The molecule has 0 amide bonds. The number of fused-ring (bicyclic) bond motifs is 1. The molecule has 2 rings (SSSR count). The molecule has 1 heterocycles. The number of carbonyl (C=O) groups excluding carboxylic acids is 1. The lowest BCUT2D eigenvalue weighted by atomic mass is 9.98. The predicted octanol–water partition coefficient (Wildman–Crippen LogP) is 0.848. The molecule has 1 aliphatic heterocycles. The molecule has 0 saturated carbocycles. The number of carbonyl (C=O) groups is 1. The summed E-state index contributed by atoms with van der Waals surface area (Å²) >= 11 is 0. The summed E-state index contributed by atoms with van der Waals surface area (Å²) in [6, 6.07) is 7.38. The molecule has 1 N–H and O–H groups in total. The predicted molar refractivity (Wildman–Crippen MR) is 54.6 cm³/mol. The van der Waals surface area contributed by atoms with Crippen LogP contribution in [0, 0.1) is 0 Å². The van der Waals surface area contributed by atoms with Crippen molar-refractivity contribution >= 4 is 11.7 Å². The Hall–Kier alpha value is -1.68. The monoisotopic (exact) mass is 205 g/mol. The number of ether oxygens (including phenoxy) is 1. The van der Waals surface area contributed by atoms with Crippen molar-refractivity contribution in [1.82, 2.24) is 0 Å². The van der Waals surface area contributed by atoms with E-state index in [1.807, 2.05) is 18.2 Å². The van der Waals surface area contributed by atoms with Crippen molar-refractivity contribution in [2.24, 2.45) is 4.99 Å². The Morgan fingerprint density at radius 3 is 3.00 bits per heavy atom. The average Bonchev–Trinajstić information content (AvgIpc) is 2.28. The molecule has 0 aliphatic carbocycles. The Kier molecular flexibility index (Phi) is 2.51. The molecule has 1 aliphatic rings. The number of aliphatic hydroxyl groups is 1. The van der Waals surface area contributed by atoms with E-state index in [9.17, 15) is 9.90 Å². The van der Waals surface area contributed by atoms with Crippen LogP contribution in [0.1, 0.15) is 17.4 Å². The highest BCUT2D eigenvalue weighted by molar-refractivity contribution is 6.37. The van der Waals surface area contributed by atoms with Crippen LogP contribution in [0.2, 0.25) is 0 Å². The number of methoxy groups -OCH3 is 1. The van der Waals surface area contributed by atoms with Gasteiger partial charge in [-0.1, -0.05) is 24.3 Å². The molecule has 0 radical (unpaired) electrons. The van der Waals surface area contributed by atoms with Crippen LogP contribution < -0.4 is 0 Å². The van der Waals surface area contributed by atoms with Crippen LogP contribution in [0.25, 0.3) is 0 Å². The van der Waals surface area contributed by atoms with Crippen molar-refractivity contribution in [3.05, 3.63) is 35.4 Å². The maximum atomic E-state index is 11.3. The number of aliphatic imine (C=N–C) groups is 1. The third-order valence-corrected chi connectivity index (χ3v) is 2.39. The van der Waals surface area contributed by atoms with E-state index in [-0.39, 0.29) is 5.71 Å². The van der Waals surface area contributed by atoms with Crippen molar-refractivity contribution < 1.29 is 14.6 Å². The highest BCUT2D eigenvalue weighted by atomic mass is 16.5. The summed E-state index contributed by atoms with van der Waals surface area (Å²) in [7, 11) is 1.30.